The lowest BCUT2D eigenvalue weighted by Crippen LogP contribution is -2.36. The summed E-state index contributed by atoms with van der Waals surface area (Å²) in [4.78, 5) is 0.210. The highest BCUT2D eigenvalue weighted by Gasteiger charge is 2.19. The van der Waals surface area contributed by atoms with Crippen LogP contribution in [0, 0.1) is 0 Å². The molecule has 7 heteroatoms. The quantitative estimate of drug-likeness (QED) is 0.765. The Bertz CT molecular complexity index is 535. The third kappa shape index (κ3) is 4.93. The van der Waals surface area contributed by atoms with Crippen LogP contribution in [-0.4, -0.2) is 33.5 Å². The highest BCUT2D eigenvalue weighted by atomic mass is 35.5. The van der Waals surface area contributed by atoms with Gasteiger partial charge in [0.1, 0.15) is 0 Å². The monoisotopic (exact) mass is 336 g/mol. The molecular formula is C13H21ClN2O2S2. The molecule has 1 atom stereocenters. The van der Waals surface area contributed by atoms with E-state index in [-0.39, 0.29) is 10.9 Å². The smallest absolute Gasteiger partial charge is 0.240 e. The lowest BCUT2D eigenvalue weighted by Gasteiger charge is -2.16. The second kappa shape index (κ2) is 8.24. The van der Waals surface area contributed by atoms with Crippen molar-refractivity contribution < 1.29 is 8.42 Å². The summed E-state index contributed by atoms with van der Waals surface area (Å²) in [6.45, 7) is 2.57. The van der Waals surface area contributed by atoms with Crippen molar-refractivity contribution in [3.63, 3.8) is 0 Å². The Morgan fingerprint density at radius 2 is 2.10 bits per heavy atom. The van der Waals surface area contributed by atoms with Crippen molar-refractivity contribution in [2.45, 2.75) is 30.8 Å². The summed E-state index contributed by atoms with van der Waals surface area (Å²) in [5.41, 5.74) is 0.879. The lowest BCUT2D eigenvalue weighted by atomic mass is 10.2. The molecule has 2 N–H and O–H groups in total. The normalized spacial score (nSPS) is 13.4. The molecule has 0 aromatic heterocycles. The molecule has 1 rings (SSSR count). The maximum absolute atomic E-state index is 12.3. The van der Waals surface area contributed by atoms with E-state index in [0.29, 0.717) is 11.6 Å². The van der Waals surface area contributed by atoms with Crippen LogP contribution in [0.25, 0.3) is 0 Å². The van der Waals surface area contributed by atoms with E-state index in [1.165, 1.54) is 6.07 Å². The third-order valence-corrected chi connectivity index (χ3v) is 5.49. The van der Waals surface area contributed by atoms with Gasteiger partial charge in [-0.15, -0.1) is 0 Å². The molecule has 20 heavy (non-hydrogen) atoms. The van der Waals surface area contributed by atoms with Crippen molar-refractivity contribution in [1.82, 2.24) is 10.0 Å². The fourth-order valence-corrected chi connectivity index (χ4v) is 4.24. The van der Waals surface area contributed by atoms with Crippen LogP contribution in [0.4, 0.5) is 0 Å². The van der Waals surface area contributed by atoms with Gasteiger partial charge in [0.05, 0.1) is 4.90 Å². The van der Waals surface area contributed by atoms with Gasteiger partial charge in [0.25, 0.3) is 0 Å². The van der Waals surface area contributed by atoms with Gasteiger partial charge in [-0.3, -0.25) is 0 Å². The van der Waals surface area contributed by atoms with E-state index in [2.05, 4.69) is 10.0 Å². The van der Waals surface area contributed by atoms with Crippen LogP contribution in [0.2, 0.25) is 5.02 Å². The number of benzene rings is 1. The zero-order chi connectivity index (χ0) is 15.2. The summed E-state index contributed by atoms with van der Waals surface area (Å²) < 4.78 is 27.3. The Hall–Kier alpha value is -0.270. The third-order valence-electron chi connectivity index (χ3n) is 2.88. The second-order valence-corrected chi connectivity index (χ2v) is 7.50. The molecular weight excluding hydrogens is 316 g/mol. The first-order valence-corrected chi connectivity index (χ1v) is 9.64. The first kappa shape index (κ1) is 17.8. The predicted molar refractivity (Wildman–Crippen MR) is 87.0 cm³/mol. The minimum Gasteiger partial charge on any atom is -0.316 e. The molecule has 0 bridgehead atoms. The summed E-state index contributed by atoms with van der Waals surface area (Å²) in [5.74, 6) is 0.751. The van der Waals surface area contributed by atoms with Gasteiger partial charge >= 0.3 is 0 Å². The molecule has 1 aromatic carbocycles. The summed E-state index contributed by atoms with van der Waals surface area (Å²) in [6, 6.07) is 4.77. The highest BCUT2D eigenvalue weighted by molar-refractivity contribution is 7.98. The Labute approximate surface area is 130 Å². The van der Waals surface area contributed by atoms with Crippen LogP contribution in [0.5, 0.6) is 0 Å². The molecule has 0 radical (unpaired) electrons. The van der Waals surface area contributed by atoms with E-state index in [1.54, 1.807) is 23.9 Å². The molecule has 114 valence electrons. The zero-order valence-electron chi connectivity index (χ0n) is 11.9. The topological polar surface area (TPSA) is 58.2 Å². The van der Waals surface area contributed by atoms with Crippen molar-refractivity contribution in [1.29, 1.82) is 0 Å². The average molecular weight is 337 g/mol. The molecule has 0 aliphatic heterocycles. The van der Waals surface area contributed by atoms with Crippen LogP contribution in [0.1, 0.15) is 18.9 Å². The van der Waals surface area contributed by atoms with Crippen LogP contribution in [0.3, 0.4) is 0 Å². The van der Waals surface area contributed by atoms with E-state index in [1.807, 2.05) is 20.2 Å². The Morgan fingerprint density at radius 3 is 2.60 bits per heavy atom. The van der Waals surface area contributed by atoms with Crippen LogP contribution >= 0.6 is 23.4 Å². The van der Waals surface area contributed by atoms with Gasteiger partial charge in [-0.25, -0.2) is 13.1 Å². The molecule has 0 saturated heterocycles. The Kier molecular flexibility index (Phi) is 7.33. The number of thioether (sulfide) groups is 1. The van der Waals surface area contributed by atoms with Gasteiger partial charge in [0, 0.05) is 23.4 Å². The second-order valence-electron chi connectivity index (χ2n) is 4.47. The zero-order valence-corrected chi connectivity index (χ0v) is 14.3. The van der Waals surface area contributed by atoms with Gasteiger partial charge in [-0.1, -0.05) is 24.6 Å². The molecule has 4 nitrogen and oxygen atoms in total. The maximum atomic E-state index is 12.3. The van der Waals surface area contributed by atoms with Gasteiger partial charge in [0.2, 0.25) is 10.0 Å². The number of hydrogen-bond donors (Lipinski definition) is 2. The molecule has 0 heterocycles. The van der Waals surface area contributed by atoms with E-state index in [0.717, 1.165) is 17.7 Å². The van der Waals surface area contributed by atoms with Crippen molar-refractivity contribution >= 4 is 33.4 Å². The fourth-order valence-electron chi connectivity index (χ4n) is 1.75. The van der Waals surface area contributed by atoms with Crippen LogP contribution < -0.4 is 10.0 Å². The van der Waals surface area contributed by atoms with E-state index >= 15 is 0 Å². The molecule has 1 aromatic rings. The minimum absolute atomic E-state index is 0.0641. The van der Waals surface area contributed by atoms with Crippen LogP contribution in [-0.2, 0) is 16.6 Å². The van der Waals surface area contributed by atoms with Crippen molar-refractivity contribution in [3.8, 4) is 0 Å². The highest BCUT2D eigenvalue weighted by Crippen LogP contribution is 2.21. The maximum Gasteiger partial charge on any atom is 0.240 e. The summed E-state index contributed by atoms with van der Waals surface area (Å²) >= 11 is 7.73. The van der Waals surface area contributed by atoms with Gasteiger partial charge < -0.3 is 5.32 Å². The SMILES string of the molecule is CCC(CSC)NS(=O)(=O)c1ccc(CNC)c(Cl)c1. The van der Waals surface area contributed by atoms with Gasteiger partial charge in [0.15, 0.2) is 0 Å². The van der Waals surface area contributed by atoms with E-state index in [9.17, 15) is 8.42 Å². The predicted octanol–water partition coefficient (Wildman–Crippen LogP) is 2.48. The van der Waals surface area contributed by atoms with Gasteiger partial charge in [-0.2, -0.15) is 11.8 Å². The lowest BCUT2D eigenvalue weighted by molar-refractivity contribution is 0.558. The first-order chi connectivity index (χ1) is 9.44. The molecule has 0 aliphatic carbocycles. The first-order valence-electron chi connectivity index (χ1n) is 6.38. The largest absolute Gasteiger partial charge is 0.316 e. The molecule has 0 saturated carbocycles. The number of sulfonamides is 1. The molecule has 0 amide bonds. The van der Waals surface area contributed by atoms with E-state index < -0.39 is 10.0 Å². The summed E-state index contributed by atoms with van der Waals surface area (Å²) in [7, 11) is -1.70. The minimum atomic E-state index is -3.52. The Balaban J connectivity index is 2.95. The molecule has 1 unspecified atom stereocenters. The Morgan fingerprint density at radius 1 is 1.40 bits per heavy atom. The average Bonchev–Trinajstić information content (AvgIpc) is 2.40. The molecule has 0 spiro atoms. The number of rotatable bonds is 8. The summed E-state index contributed by atoms with van der Waals surface area (Å²) in [6.07, 6.45) is 2.71. The summed E-state index contributed by atoms with van der Waals surface area (Å²) in [5, 5.41) is 3.45. The van der Waals surface area contributed by atoms with Crippen molar-refractivity contribution in [2.24, 2.45) is 0 Å². The van der Waals surface area contributed by atoms with E-state index in [4.69, 9.17) is 11.6 Å². The van der Waals surface area contributed by atoms with Crippen molar-refractivity contribution in [3.05, 3.63) is 28.8 Å². The number of nitrogens with one attached hydrogen (secondary N) is 2. The van der Waals surface area contributed by atoms with Crippen LogP contribution in [0.15, 0.2) is 23.1 Å². The van der Waals surface area contributed by atoms with Gasteiger partial charge in [-0.05, 0) is 37.4 Å². The fraction of sp³-hybridized carbons (Fsp3) is 0.538. The molecule has 0 aliphatic rings. The van der Waals surface area contributed by atoms with Crippen molar-refractivity contribution in [2.75, 3.05) is 19.1 Å². The standard InChI is InChI=1S/C13H21ClN2O2S2/c1-4-11(9-19-3)16-20(17,18)12-6-5-10(8-15-2)13(14)7-12/h5-7,11,15-16H,4,8-9H2,1-3H3. The number of halogens is 1. The molecule has 0 fully saturated rings. The number of hydrogen-bond acceptors (Lipinski definition) is 4.